The Morgan fingerprint density at radius 1 is 1.33 bits per heavy atom. The van der Waals surface area contributed by atoms with E-state index in [-0.39, 0.29) is 11.7 Å². The van der Waals surface area contributed by atoms with Crippen LogP contribution in [0.15, 0.2) is 24.3 Å². The van der Waals surface area contributed by atoms with Crippen LogP contribution in [0.5, 0.6) is 0 Å². The Hall–Kier alpha value is -1.91. The molecule has 0 saturated carbocycles. The highest BCUT2D eigenvalue weighted by atomic mass is 32.2. The third kappa shape index (κ3) is 6.88. The van der Waals surface area contributed by atoms with Gasteiger partial charge in [0.1, 0.15) is 5.75 Å². The standard InChI is InChI=1S/C14H18N2O4S/c1-11(2)8-20-16-14(17)10-21(18,19)9-13-5-3-12(7-15)4-6-13/h3-6,11H,8-10H2,1-2H3,(H,16,17). The van der Waals surface area contributed by atoms with Gasteiger partial charge in [0.05, 0.1) is 24.0 Å². The Balaban J connectivity index is 2.53. The molecule has 0 radical (unpaired) electrons. The van der Waals surface area contributed by atoms with Crippen LogP contribution in [0.1, 0.15) is 25.0 Å². The second-order valence-electron chi connectivity index (χ2n) is 5.07. The molecule has 0 bridgehead atoms. The number of sulfone groups is 1. The Labute approximate surface area is 124 Å². The van der Waals surface area contributed by atoms with Gasteiger partial charge in [-0.3, -0.25) is 9.63 Å². The summed E-state index contributed by atoms with van der Waals surface area (Å²) < 4.78 is 23.8. The molecule has 0 spiro atoms. The lowest BCUT2D eigenvalue weighted by molar-refractivity contribution is -0.131. The number of benzene rings is 1. The highest BCUT2D eigenvalue weighted by molar-refractivity contribution is 7.91. The summed E-state index contributed by atoms with van der Waals surface area (Å²) in [5.41, 5.74) is 3.10. The lowest BCUT2D eigenvalue weighted by Gasteiger charge is -2.08. The van der Waals surface area contributed by atoms with Crippen LogP contribution < -0.4 is 5.48 Å². The first-order valence-corrected chi connectivity index (χ1v) is 8.24. The van der Waals surface area contributed by atoms with E-state index in [1.165, 1.54) is 12.1 Å². The maximum absolute atomic E-state index is 11.9. The van der Waals surface area contributed by atoms with Gasteiger partial charge >= 0.3 is 0 Å². The fraction of sp³-hybridized carbons (Fsp3) is 0.429. The van der Waals surface area contributed by atoms with Crippen LogP contribution in [0.3, 0.4) is 0 Å². The summed E-state index contributed by atoms with van der Waals surface area (Å²) in [6, 6.07) is 8.15. The van der Waals surface area contributed by atoms with Crippen molar-refractivity contribution in [1.29, 1.82) is 5.26 Å². The van der Waals surface area contributed by atoms with Gasteiger partial charge in [-0.15, -0.1) is 0 Å². The SMILES string of the molecule is CC(C)CONC(=O)CS(=O)(=O)Cc1ccc(C#N)cc1. The molecule has 0 fully saturated rings. The molecule has 1 aromatic rings. The zero-order chi connectivity index (χ0) is 15.9. The molecule has 0 aliphatic rings. The first-order valence-electron chi connectivity index (χ1n) is 6.42. The average Bonchev–Trinajstić information content (AvgIpc) is 2.38. The highest BCUT2D eigenvalue weighted by Gasteiger charge is 2.17. The van der Waals surface area contributed by atoms with Crippen LogP contribution in [0, 0.1) is 17.2 Å². The van der Waals surface area contributed by atoms with Crippen molar-refractivity contribution in [2.45, 2.75) is 19.6 Å². The first kappa shape index (κ1) is 17.1. The summed E-state index contributed by atoms with van der Waals surface area (Å²) in [7, 11) is -3.58. The van der Waals surface area contributed by atoms with E-state index in [2.05, 4.69) is 5.48 Å². The van der Waals surface area contributed by atoms with Gasteiger partial charge < -0.3 is 0 Å². The number of amides is 1. The molecule has 6 nitrogen and oxygen atoms in total. The summed E-state index contributed by atoms with van der Waals surface area (Å²) in [4.78, 5) is 16.4. The minimum atomic E-state index is -3.58. The smallest absolute Gasteiger partial charge is 0.258 e. The van der Waals surface area contributed by atoms with Crippen molar-refractivity contribution in [3.8, 4) is 6.07 Å². The van der Waals surface area contributed by atoms with Crippen molar-refractivity contribution < 1.29 is 18.0 Å². The van der Waals surface area contributed by atoms with E-state index in [9.17, 15) is 13.2 Å². The minimum absolute atomic E-state index is 0.237. The maximum Gasteiger partial charge on any atom is 0.258 e. The monoisotopic (exact) mass is 310 g/mol. The van der Waals surface area contributed by atoms with Crippen LogP contribution in [0.25, 0.3) is 0 Å². The summed E-state index contributed by atoms with van der Waals surface area (Å²) in [5, 5.41) is 8.67. The fourth-order valence-corrected chi connectivity index (χ4v) is 2.76. The summed E-state index contributed by atoms with van der Waals surface area (Å²) in [6.45, 7) is 4.14. The molecule has 0 aliphatic heterocycles. The summed E-state index contributed by atoms with van der Waals surface area (Å²) in [5.74, 6) is -1.34. The van der Waals surface area contributed by atoms with E-state index in [1.54, 1.807) is 12.1 Å². The number of carbonyl (C=O) groups is 1. The largest absolute Gasteiger partial charge is 0.273 e. The number of rotatable bonds is 7. The van der Waals surface area contributed by atoms with Crippen LogP contribution in [-0.4, -0.2) is 26.7 Å². The van der Waals surface area contributed by atoms with Crippen molar-refractivity contribution in [1.82, 2.24) is 5.48 Å². The second-order valence-corrected chi connectivity index (χ2v) is 7.14. The number of hydrogen-bond donors (Lipinski definition) is 1. The quantitative estimate of drug-likeness (QED) is 0.763. The number of nitrogens with zero attached hydrogens (tertiary/aromatic N) is 1. The average molecular weight is 310 g/mol. The number of nitrogens with one attached hydrogen (secondary N) is 1. The predicted molar refractivity (Wildman–Crippen MR) is 77.6 cm³/mol. The van der Waals surface area contributed by atoms with Gasteiger partial charge in [0.15, 0.2) is 9.84 Å². The van der Waals surface area contributed by atoms with Gasteiger partial charge in [-0.2, -0.15) is 5.26 Å². The topological polar surface area (TPSA) is 96.3 Å². The zero-order valence-corrected chi connectivity index (χ0v) is 12.8. The number of hydroxylamine groups is 1. The number of hydrogen-bond acceptors (Lipinski definition) is 5. The van der Waals surface area contributed by atoms with E-state index in [4.69, 9.17) is 10.1 Å². The summed E-state index contributed by atoms with van der Waals surface area (Å²) in [6.07, 6.45) is 0. The first-order chi connectivity index (χ1) is 9.82. The number of carbonyl (C=O) groups excluding carboxylic acids is 1. The van der Waals surface area contributed by atoms with Crippen LogP contribution >= 0.6 is 0 Å². The third-order valence-electron chi connectivity index (χ3n) is 2.42. The van der Waals surface area contributed by atoms with Crippen LogP contribution in [-0.2, 0) is 25.2 Å². The molecule has 1 rings (SSSR count). The van der Waals surface area contributed by atoms with Gasteiger partial charge in [0.2, 0.25) is 0 Å². The molecule has 1 N–H and O–H groups in total. The van der Waals surface area contributed by atoms with Gasteiger partial charge in [0, 0.05) is 0 Å². The molecule has 1 aromatic carbocycles. The van der Waals surface area contributed by atoms with Crippen molar-refractivity contribution in [3.05, 3.63) is 35.4 Å². The van der Waals surface area contributed by atoms with Crippen molar-refractivity contribution in [2.75, 3.05) is 12.4 Å². The summed E-state index contributed by atoms with van der Waals surface area (Å²) >= 11 is 0. The van der Waals surface area contributed by atoms with Gasteiger partial charge in [-0.05, 0) is 23.6 Å². The lowest BCUT2D eigenvalue weighted by Crippen LogP contribution is -2.32. The molecule has 1 amide bonds. The Morgan fingerprint density at radius 2 is 1.95 bits per heavy atom. The predicted octanol–water partition coefficient (Wildman–Crippen LogP) is 1.18. The van der Waals surface area contributed by atoms with Gasteiger partial charge in [-0.25, -0.2) is 13.9 Å². The highest BCUT2D eigenvalue weighted by Crippen LogP contribution is 2.08. The third-order valence-corrected chi connectivity index (χ3v) is 3.90. The molecule has 21 heavy (non-hydrogen) atoms. The van der Waals surface area contributed by atoms with E-state index in [1.807, 2.05) is 19.9 Å². The molecule has 0 heterocycles. The van der Waals surface area contributed by atoms with E-state index < -0.39 is 21.5 Å². The maximum atomic E-state index is 11.9. The lowest BCUT2D eigenvalue weighted by atomic mass is 10.2. The van der Waals surface area contributed by atoms with Crippen LogP contribution in [0.2, 0.25) is 0 Å². The van der Waals surface area contributed by atoms with Crippen molar-refractivity contribution in [2.24, 2.45) is 5.92 Å². The Bertz CT molecular complexity index is 615. The molecular weight excluding hydrogens is 292 g/mol. The molecule has 0 saturated heterocycles. The molecule has 0 aliphatic carbocycles. The molecular formula is C14H18N2O4S. The Kier molecular flexibility index (Phi) is 6.34. The Morgan fingerprint density at radius 3 is 2.48 bits per heavy atom. The molecule has 114 valence electrons. The van der Waals surface area contributed by atoms with Crippen molar-refractivity contribution in [3.63, 3.8) is 0 Å². The van der Waals surface area contributed by atoms with Gasteiger partial charge in [0.25, 0.3) is 5.91 Å². The van der Waals surface area contributed by atoms with Crippen molar-refractivity contribution >= 4 is 15.7 Å². The molecule has 0 unspecified atom stereocenters. The molecule has 0 atom stereocenters. The zero-order valence-electron chi connectivity index (χ0n) is 12.0. The molecule has 0 aromatic heterocycles. The normalized spacial score (nSPS) is 11.1. The fourth-order valence-electron chi connectivity index (χ4n) is 1.50. The van der Waals surface area contributed by atoms with E-state index in [0.717, 1.165) is 0 Å². The van der Waals surface area contributed by atoms with E-state index in [0.29, 0.717) is 17.7 Å². The number of nitriles is 1. The minimum Gasteiger partial charge on any atom is -0.273 e. The second kappa shape index (κ2) is 7.76. The van der Waals surface area contributed by atoms with E-state index >= 15 is 0 Å². The van der Waals surface area contributed by atoms with Crippen LogP contribution in [0.4, 0.5) is 0 Å². The van der Waals surface area contributed by atoms with Gasteiger partial charge in [-0.1, -0.05) is 26.0 Å². The molecule has 7 heteroatoms.